The van der Waals surface area contributed by atoms with Gasteiger partial charge in [-0.2, -0.15) is 0 Å². The molecule has 0 aliphatic carbocycles. The number of unbranched alkanes of at least 4 members (excludes halogenated alkanes) is 5. The Labute approximate surface area is 344 Å². The van der Waals surface area contributed by atoms with E-state index in [9.17, 15) is 24.0 Å². The van der Waals surface area contributed by atoms with Gasteiger partial charge in [-0.15, -0.1) is 0 Å². The van der Waals surface area contributed by atoms with Crippen molar-refractivity contribution in [3.63, 3.8) is 0 Å². The van der Waals surface area contributed by atoms with Crippen molar-refractivity contribution in [1.29, 1.82) is 0 Å². The third kappa shape index (κ3) is 16.0. The van der Waals surface area contributed by atoms with Crippen molar-refractivity contribution < 1.29 is 33.3 Å². The molecule has 3 amide bonds. The smallest absolute Gasteiger partial charge is 0.497 e. The van der Waals surface area contributed by atoms with Gasteiger partial charge in [0, 0.05) is 25.4 Å². The summed E-state index contributed by atoms with van der Waals surface area (Å²) in [6.45, 7) is 11.2. The largest absolute Gasteiger partial charge is 0.622 e. The van der Waals surface area contributed by atoms with E-state index in [0.717, 1.165) is 56.1 Å². The van der Waals surface area contributed by atoms with E-state index in [4.69, 9.17) is 9.31 Å². The van der Waals surface area contributed by atoms with Crippen LogP contribution >= 0.6 is 0 Å². The predicted molar refractivity (Wildman–Crippen MR) is 223 cm³/mol. The number of benzene rings is 2. The number of hydrogen-bond acceptors (Lipinski definition) is 10. The molecule has 2 heterocycles. The Hall–Kier alpha value is -5.11. The third-order valence-corrected chi connectivity index (χ3v) is 10.00. The van der Waals surface area contributed by atoms with E-state index in [1.807, 2.05) is 51.1 Å². The van der Waals surface area contributed by atoms with Gasteiger partial charge in [0.05, 0.1) is 31.1 Å². The molecule has 14 heteroatoms. The third-order valence-electron chi connectivity index (χ3n) is 10.00. The SMILES string of the molecule is CC(C)Cc1ccc([C@H](C)C(=O)NCCCCCCCCN2CC(=O)OB([C@H](CC(C)C)NC(=O)[C@H](Cc3ccccc3)NC(=O)c3cnccn3)OC(=O)C2)cc1. The molecule has 2 aromatic carbocycles. The molecular formula is C44H61BN6O7. The van der Waals surface area contributed by atoms with Gasteiger partial charge in [-0.05, 0) is 67.7 Å². The predicted octanol–water partition coefficient (Wildman–Crippen LogP) is 5.24. The molecule has 0 bridgehead atoms. The maximum Gasteiger partial charge on any atom is 0.622 e. The number of nitrogens with one attached hydrogen (secondary N) is 3. The fourth-order valence-corrected chi connectivity index (χ4v) is 6.94. The summed E-state index contributed by atoms with van der Waals surface area (Å²) in [5.41, 5.74) is 3.19. The van der Waals surface area contributed by atoms with E-state index in [2.05, 4.69) is 64.0 Å². The highest BCUT2D eigenvalue weighted by atomic mass is 16.6. The molecule has 3 atom stereocenters. The molecule has 312 valence electrons. The lowest BCUT2D eigenvalue weighted by atomic mass is 9.73. The standard InChI is InChI=1S/C44H61BN6O7/c1-31(2)25-35-17-19-36(20-18-35)33(5)42(54)48-21-13-8-6-7-9-14-24-51-29-40(52)57-45(58-41(53)30-51)39(26-32(3)4)50-43(55)37(27-34-15-11-10-12-16-34)49-44(56)38-28-46-22-23-47-38/h10-12,15-20,22-23,28,31-33,37,39H,6-9,13-14,21,24-27,29-30H2,1-5H3,(H,48,54)(H,49,56)(H,50,55)/t33-,37-,39-/m0/s1. The Morgan fingerprint density at radius 3 is 2.00 bits per heavy atom. The zero-order valence-corrected chi connectivity index (χ0v) is 34.8. The molecule has 3 aromatic rings. The van der Waals surface area contributed by atoms with Crippen molar-refractivity contribution in [1.82, 2.24) is 30.8 Å². The summed E-state index contributed by atoms with van der Waals surface area (Å²) in [4.78, 5) is 75.5. The fourth-order valence-electron chi connectivity index (χ4n) is 6.94. The van der Waals surface area contributed by atoms with Gasteiger partial charge in [-0.25, -0.2) is 4.98 Å². The zero-order chi connectivity index (χ0) is 41.9. The number of carbonyl (C=O) groups excluding carboxylic acids is 5. The Morgan fingerprint density at radius 1 is 0.741 bits per heavy atom. The number of aromatic nitrogens is 2. The minimum atomic E-state index is -1.34. The summed E-state index contributed by atoms with van der Waals surface area (Å²) in [5.74, 6) is -2.59. The van der Waals surface area contributed by atoms with Gasteiger partial charge in [0.1, 0.15) is 11.7 Å². The van der Waals surface area contributed by atoms with Gasteiger partial charge in [-0.1, -0.05) is 108 Å². The Balaban J connectivity index is 1.20. The number of carbonyl (C=O) groups is 5. The maximum atomic E-state index is 13.8. The minimum absolute atomic E-state index is 0.0386. The molecule has 1 aliphatic heterocycles. The number of hydrogen-bond donors (Lipinski definition) is 3. The fraction of sp³-hybridized carbons (Fsp3) is 0.523. The van der Waals surface area contributed by atoms with E-state index in [0.29, 0.717) is 25.4 Å². The van der Waals surface area contributed by atoms with Crippen LogP contribution in [0.4, 0.5) is 0 Å². The molecule has 0 saturated carbocycles. The molecule has 0 radical (unpaired) electrons. The van der Waals surface area contributed by atoms with E-state index in [-0.39, 0.29) is 42.9 Å². The van der Waals surface area contributed by atoms with Gasteiger partial charge in [0.25, 0.3) is 5.91 Å². The van der Waals surface area contributed by atoms with Crippen molar-refractivity contribution in [2.24, 2.45) is 11.8 Å². The van der Waals surface area contributed by atoms with Crippen LogP contribution in [0.15, 0.2) is 73.2 Å². The summed E-state index contributed by atoms with van der Waals surface area (Å²) >= 11 is 0. The summed E-state index contributed by atoms with van der Waals surface area (Å²) in [7, 11) is -1.34. The molecule has 3 N–H and O–H groups in total. The van der Waals surface area contributed by atoms with Crippen molar-refractivity contribution in [3.8, 4) is 0 Å². The van der Waals surface area contributed by atoms with Crippen LogP contribution in [0.5, 0.6) is 0 Å². The van der Waals surface area contributed by atoms with Crippen molar-refractivity contribution >= 4 is 36.8 Å². The normalized spacial score (nSPS) is 15.1. The van der Waals surface area contributed by atoms with Gasteiger partial charge in [0.15, 0.2) is 0 Å². The van der Waals surface area contributed by atoms with Crippen LogP contribution in [0, 0.1) is 11.8 Å². The van der Waals surface area contributed by atoms with Crippen LogP contribution in [-0.4, -0.2) is 89.8 Å². The monoisotopic (exact) mass is 796 g/mol. The summed E-state index contributed by atoms with van der Waals surface area (Å²) in [6, 6.07) is 16.6. The summed E-state index contributed by atoms with van der Waals surface area (Å²) in [6.07, 6.45) is 11.3. The first-order chi connectivity index (χ1) is 27.9. The second-order valence-corrected chi connectivity index (χ2v) is 16.1. The molecule has 1 fully saturated rings. The van der Waals surface area contributed by atoms with Crippen LogP contribution < -0.4 is 16.0 Å². The summed E-state index contributed by atoms with van der Waals surface area (Å²) < 4.78 is 11.4. The maximum absolute atomic E-state index is 13.8. The molecule has 4 rings (SSSR count). The molecule has 13 nitrogen and oxygen atoms in total. The second kappa shape index (κ2) is 24.0. The highest BCUT2D eigenvalue weighted by Gasteiger charge is 2.42. The average Bonchev–Trinajstić information content (AvgIpc) is 3.19. The Kier molecular flexibility index (Phi) is 18.8. The first-order valence-corrected chi connectivity index (χ1v) is 20.8. The molecule has 0 spiro atoms. The first kappa shape index (κ1) is 45.6. The number of rotatable bonds is 22. The lowest BCUT2D eigenvalue weighted by Crippen LogP contribution is -2.58. The molecular weight excluding hydrogens is 735 g/mol. The minimum Gasteiger partial charge on any atom is -0.497 e. The van der Waals surface area contributed by atoms with Crippen molar-refractivity contribution in [2.75, 3.05) is 26.2 Å². The highest BCUT2D eigenvalue weighted by Crippen LogP contribution is 2.19. The summed E-state index contributed by atoms with van der Waals surface area (Å²) in [5, 5.41) is 8.74. The molecule has 1 saturated heterocycles. The molecule has 1 aliphatic rings. The lowest BCUT2D eigenvalue weighted by Gasteiger charge is -2.30. The van der Waals surface area contributed by atoms with E-state index in [1.165, 1.54) is 24.2 Å². The van der Waals surface area contributed by atoms with Crippen LogP contribution in [0.2, 0.25) is 0 Å². The van der Waals surface area contributed by atoms with Gasteiger partial charge in [0.2, 0.25) is 11.8 Å². The number of amides is 3. The lowest BCUT2D eigenvalue weighted by molar-refractivity contribution is -0.147. The van der Waals surface area contributed by atoms with Crippen LogP contribution in [0.3, 0.4) is 0 Å². The molecule has 1 aromatic heterocycles. The first-order valence-electron chi connectivity index (χ1n) is 20.8. The van der Waals surface area contributed by atoms with Crippen molar-refractivity contribution in [3.05, 3.63) is 95.6 Å². The zero-order valence-electron chi connectivity index (χ0n) is 34.8. The van der Waals surface area contributed by atoms with Gasteiger partial charge >= 0.3 is 19.1 Å². The van der Waals surface area contributed by atoms with Crippen LogP contribution in [0.1, 0.15) is 113 Å². The molecule has 0 unspecified atom stereocenters. The average molecular weight is 797 g/mol. The Morgan fingerprint density at radius 2 is 1.38 bits per heavy atom. The quantitative estimate of drug-likeness (QED) is 0.0904. The highest BCUT2D eigenvalue weighted by molar-refractivity contribution is 6.51. The van der Waals surface area contributed by atoms with Crippen LogP contribution in [0.25, 0.3) is 0 Å². The second-order valence-electron chi connectivity index (χ2n) is 16.1. The van der Waals surface area contributed by atoms with Gasteiger partial charge < -0.3 is 25.3 Å². The Bertz CT molecular complexity index is 1730. The molecule has 58 heavy (non-hydrogen) atoms. The van der Waals surface area contributed by atoms with Gasteiger partial charge in [-0.3, -0.25) is 33.9 Å². The van der Waals surface area contributed by atoms with Crippen LogP contribution in [-0.2, 0) is 41.3 Å². The van der Waals surface area contributed by atoms with E-state index in [1.54, 1.807) is 4.90 Å². The number of nitrogens with zero attached hydrogens (tertiary/aromatic N) is 3. The van der Waals surface area contributed by atoms with E-state index >= 15 is 0 Å². The van der Waals surface area contributed by atoms with E-state index < -0.39 is 42.9 Å². The topological polar surface area (TPSA) is 169 Å². The van der Waals surface area contributed by atoms with Crippen molar-refractivity contribution in [2.45, 2.75) is 110 Å².